The summed E-state index contributed by atoms with van der Waals surface area (Å²) in [6, 6.07) is 7.73. The van der Waals surface area contributed by atoms with Crippen molar-refractivity contribution >= 4 is 40.6 Å². The molecule has 4 rings (SSSR count). The topological polar surface area (TPSA) is 105 Å². The van der Waals surface area contributed by atoms with E-state index in [1.165, 1.54) is 17.3 Å². The molecule has 190 valence electrons. The van der Waals surface area contributed by atoms with Gasteiger partial charge in [-0.15, -0.1) is 0 Å². The molecule has 0 bridgehead atoms. The Hall–Kier alpha value is -3.63. The molecule has 3 heterocycles. The van der Waals surface area contributed by atoms with Crippen molar-refractivity contribution in [2.45, 2.75) is 12.8 Å². The van der Waals surface area contributed by atoms with Crippen molar-refractivity contribution in [3.63, 3.8) is 0 Å². The second-order valence-corrected chi connectivity index (χ2v) is 8.99. The molecule has 0 spiro atoms. The van der Waals surface area contributed by atoms with Crippen LogP contribution in [0.1, 0.15) is 11.1 Å². The van der Waals surface area contributed by atoms with Gasteiger partial charge >= 0.3 is 0 Å². The number of rotatable bonds is 8. The average molecular weight is 512 g/mol. The number of ether oxygens (including phenoxy) is 2. The van der Waals surface area contributed by atoms with E-state index in [0.29, 0.717) is 40.7 Å². The molecule has 36 heavy (non-hydrogen) atoms. The fourth-order valence-corrected chi connectivity index (χ4v) is 4.11. The zero-order valence-electron chi connectivity index (χ0n) is 20.8. The van der Waals surface area contributed by atoms with Crippen molar-refractivity contribution in [1.82, 2.24) is 24.8 Å². The zero-order chi connectivity index (χ0) is 25.7. The molecule has 2 aromatic heterocycles. The summed E-state index contributed by atoms with van der Waals surface area (Å²) in [5.41, 5.74) is 3.79. The van der Waals surface area contributed by atoms with E-state index in [-0.39, 0.29) is 5.91 Å². The van der Waals surface area contributed by atoms with Gasteiger partial charge in [0.1, 0.15) is 16.5 Å². The number of carbonyl (C=O) groups excluding carboxylic acids is 1. The van der Waals surface area contributed by atoms with E-state index in [4.69, 9.17) is 21.1 Å². The van der Waals surface area contributed by atoms with Crippen LogP contribution in [0.4, 0.5) is 23.1 Å². The van der Waals surface area contributed by atoms with Crippen LogP contribution in [0.15, 0.2) is 36.7 Å². The number of nitrogens with one attached hydrogen (secondary N) is 2. The Bertz CT molecular complexity index is 1240. The molecule has 1 amide bonds. The van der Waals surface area contributed by atoms with Gasteiger partial charge in [-0.05, 0) is 48.2 Å². The van der Waals surface area contributed by atoms with Crippen LogP contribution in [-0.4, -0.2) is 78.6 Å². The first-order chi connectivity index (χ1) is 17.4. The summed E-state index contributed by atoms with van der Waals surface area (Å²) in [6.07, 6.45) is 4.83. The highest BCUT2D eigenvalue weighted by atomic mass is 35.5. The SMILES string of the molecule is COc1cc2c(cc1Nc1ncc(Cl)c(Nc3cccnc3OC)n1)CCN(CC(=O)N(C)C)CC2. The van der Waals surface area contributed by atoms with E-state index < -0.39 is 0 Å². The Balaban J connectivity index is 1.54. The van der Waals surface area contributed by atoms with Crippen LogP contribution >= 0.6 is 11.6 Å². The number of fused-ring (bicyclic) bond motifs is 1. The monoisotopic (exact) mass is 511 g/mol. The number of carbonyl (C=O) groups is 1. The molecule has 0 unspecified atom stereocenters. The first-order valence-corrected chi connectivity index (χ1v) is 11.9. The van der Waals surface area contributed by atoms with E-state index in [0.717, 1.165) is 31.6 Å². The molecule has 1 aliphatic rings. The zero-order valence-corrected chi connectivity index (χ0v) is 21.6. The largest absolute Gasteiger partial charge is 0.495 e. The molecule has 0 saturated carbocycles. The minimum atomic E-state index is 0.106. The van der Waals surface area contributed by atoms with E-state index in [9.17, 15) is 4.79 Å². The molecule has 0 atom stereocenters. The molecular formula is C25H30ClN7O3. The molecule has 3 aromatic rings. The van der Waals surface area contributed by atoms with Gasteiger partial charge in [0.05, 0.1) is 32.6 Å². The molecule has 1 aliphatic heterocycles. The summed E-state index contributed by atoms with van der Waals surface area (Å²) in [7, 11) is 6.75. The maximum atomic E-state index is 12.2. The number of likely N-dealkylation sites (N-methyl/N-ethyl adjacent to an activating group) is 1. The molecule has 11 heteroatoms. The number of halogens is 1. The second-order valence-electron chi connectivity index (χ2n) is 8.59. The van der Waals surface area contributed by atoms with Crippen LogP contribution in [0.25, 0.3) is 0 Å². The second kappa shape index (κ2) is 11.4. The van der Waals surface area contributed by atoms with E-state index in [2.05, 4.69) is 36.6 Å². The van der Waals surface area contributed by atoms with Gasteiger partial charge < -0.3 is 25.0 Å². The molecule has 0 saturated heterocycles. The van der Waals surface area contributed by atoms with Gasteiger partial charge in [0.25, 0.3) is 0 Å². The number of amides is 1. The van der Waals surface area contributed by atoms with Crippen LogP contribution in [-0.2, 0) is 17.6 Å². The van der Waals surface area contributed by atoms with Crippen molar-refractivity contribution in [2.75, 3.05) is 58.6 Å². The first-order valence-electron chi connectivity index (χ1n) is 11.6. The highest BCUT2D eigenvalue weighted by Crippen LogP contribution is 2.33. The molecule has 10 nitrogen and oxygen atoms in total. The molecule has 0 aliphatic carbocycles. The fraction of sp³-hybridized carbons (Fsp3) is 0.360. The maximum absolute atomic E-state index is 12.2. The van der Waals surface area contributed by atoms with Crippen molar-refractivity contribution in [3.8, 4) is 11.6 Å². The van der Waals surface area contributed by atoms with Gasteiger partial charge in [-0.2, -0.15) is 4.98 Å². The molecular weight excluding hydrogens is 482 g/mol. The first kappa shape index (κ1) is 25.5. The van der Waals surface area contributed by atoms with Gasteiger partial charge in [-0.25, -0.2) is 9.97 Å². The van der Waals surface area contributed by atoms with Gasteiger partial charge in [0.15, 0.2) is 5.82 Å². The lowest BCUT2D eigenvalue weighted by atomic mass is 10.0. The van der Waals surface area contributed by atoms with Crippen LogP contribution < -0.4 is 20.1 Å². The lowest BCUT2D eigenvalue weighted by Gasteiger charge is -2.21. The number of aromatic nitrogens is 3. The summed E-state index contributed by atoms with van der Waals surface area (Å²) in [5.74, 6) is 1.99. The Morgan fingerprint density at radius 1 is 1.08 bits per heavy atom. The number of anilines is 4. The minimum Gasteiger partial charge on any atom is -0.495 e. The molecule has 0 fully saturated rings. The normalized spacial score (nSPS) is 13.4. The van der Waals surface area contributed by atoms with Crippen LogP contribution in [0.5, 0.6) is 11.6 Å². The lowest BCUT2D eigenvalue weighted by Crippen LogP contribution is -2.37. The third-order valence-corrected chi connectivity index (χ3v) is 6.26. The maximum Gasteiger partial charge on any atom is 0.237 e. The third-order valence-electron chi connectivity index (χ3n) is 5.98. The van der Waals surface area contributed by atoms with Crippen LogP contribution in [0.2, 0.25) is 5.02 Å². The number of pyridine rings is 1. The van der Waals surface area contributed by atoms with Gasteiger partial charge in [0, 0.05) is 33.4 Å². The third kappa shape index (κ3) is 5.95. The predicted molar refractivity (Wildman–Crippen MR) is 140 cm³/mol. The average Bonchev–Trinajstić information content (AvgIpc) is 3.07. The quantitative estimate of drug-likeness (QED) is 0.470. The summed E-state index contributed by atoms with van der Waals surface area (Å²) in [4.78, 5) is 29.1. The van der Waals surface area contributed by atoms with Gasteiger partial charge in [0.2, 0.25) is 17.7 Å². The van der Waals surface area contributed by atoms with E-state index in [1.807, 2.05) is 12.1 Å². The predicted octanol–water partition coefficient (Wildman–Crippen LogP) is 3.52. The van der Waals surface area contributed by atoms with Crippen molar-refractivity contribution in [1.29, 1.82) is 0 Å². The number of methoxy groups -OCH3 is 2. The van der Waals surface area contributed by atoms with Crippen LogP contribution in [0.3, 0.4) is 0 Å². The van der Waals surface area contributed by atoms with Gasteiger partial charge in [-0.3, -0.25) is 9.69 Å². The number of nitrogens with zero attached hydrogens (tertiary/aromatic N) is 5. The Morgan fingerprint density at radius 3 is 2.53 bits per heavy atom. The number of benzene rings is 1. The van der Waals surface area contributed by atoms with Gasteiger partial charge in [-0.1, -0.05) is 11.6 Å². The number of hydrogen-bond acceptors (Lipinski definition) is 9. The highest BCUT2D eigenvalue weighted by Gasteiger charge is 2.20. The summed E-state index contributed by atoms with van der Waals surface area (Å²) in [6.45, 7) is 2.03. The Morgan fingerprint density at radius 2 is 1.83 bits per heavy atom. The van der Waals surface area contributed by atoms with Crippen LogP contribution in [0, 0.1) is 0 Å². The van der Waals surface area contributed by atoms with Crippen molar-refractivity contribution in [2.24, 2.45) is 0 Å². The minimum absolute atomic E-state index is 0.106. The highest BCUT2D eigenvalue weighted by molar-refractivity contribution is 6.32. The lowest BCUT2D eigenvalue weighted by molar-refractivity contribution is -0.129. The number of hydrogen-bond donors (Lipinski definition) is 2. The summed E-state index contributed by atoms with van der Waals surface area (Å²) >= 11 is 6.35. The van der Waals surface area contributed by atoms with Crippen molar-refractivity contribution in [3.05, 3.63) is 52.8 Å². The molecule has 2 N–H and O–H groups in total. The Labute approximate surface area is 215 Å². The standard InChI is InChI=1S/C25H30ClN7O3/c1-32(2)22(34)15-33-10-7-16-12-20(21(35-3)13-17(16)8-11-33)30-25-28-14-18(26)23(31-25)29-19-6-5-9-27-24(19)36-4/h5-6,9,12-14H,7-8,10-11,15H2,1-4H3,(H2,28,29,30,31). The smallest absolute Gasteiger partial charge is 0.237 e. The fourth-order valence-electron chi connectivity index (χ4n) is 3.97. The summed E-state index contributed by atoms with van der Waals surface area (Å²) < 4.78 is 11.0. The van der Waals surface area contributed by atoms with E-state index in [1.54, 1.807) is 45.5 Å². The molecule has 0 radical (unpaired) electrons. The van der Waals surface area contributed by atoms with E-state index >= 15 is 0 Å². The Kier molecular flexibility index (Phi) is 8.07. The molecule has 1 aromatic carbocycles. The summed E-state index contributed by atoms with van der Waals surface area (Å²) in [5, 5.41) is 6.78. The van der Waals surface area contributed by atoms with Crippen molar-refractivity contribution < 1.29 is 14.3 Å².